The predicted octanol–water partition coefficient (Wildman–Crippen LogP) is 3.25. The summed E-state index contributed by atoms with van der Waals surface area (Å²) in [6.45, 7) is 4.76. The Labute approximate surface area is 167 Å². The van der Waals surface area contributed by atoms with Crippen molar-refractivity contribution in [1.82, 2.24) is 0 Å². The highest BCUT2D eigenvalue weighted by atomic mass is 16.6. The van der Waals surface area contributed by atoms with Gasteiger partial charge in [0.1, 0.15) is 17.2 Å². The molecule has 0 saturated heterocycles. The van der Waals surface area contributed by atoms with Crippen LogP contribution in [0.5, 0.6) is 11.5 Å². The van der Waals surface area contributed by atoms with Gasteiger partial charge in [-0.25, -0.2) is 4.79 Å². The molecular formula is C20H22N2O7. The Bertz CT molecular complexity index is 913. The molecule has 9 nitrogen and oxygen atoms in total. The number of carbonyl (C=O) groups excluding carboxylic acids is 2. The number of nitro groups is 1. The fraction of sp³-hybridized carbons (Fsp3) is 0.300. The highest BCUT2D eigenvalue weighted by molar-refractivity contribution is 5.97. The minimum absolute atomic E-state index is 0.0345. The molecule has 154 valence electrons. The van der Waals surface area contributed by atoms with Gasteiger partial charge in [0, 0.05) is 0 Å². The van der Waals surface area contributed by atoms with Crippen LogP contribution in [-0.2, 0) is 14.3 Å². The van der Waals surface area contributed by atoms with E-state index in [1.807, 2.05) is 13.0 Å². The first-order chi connectivity index (χ1) is 13.7. The minimum atomic E-state index is -1.19. The van der Waals surface area contributed by atoms with Crippen molar-refractivity contribution in [2.24, 2.45) is 0 Å². The fourth-order valence-electron chi connectivity index (χ4n) is 2.39. The molecule has 2 aromatic carbocycles. The molecule has 0 fully saturated rings. The lowest BCUT2D eigenvalue weighted by atomic mass is 10.2. The molecule has 0 bridgehead atoms. The lowest BCUT2D eigenvalue weighted by Gasteiger charge is -2.18. The zero-order valence-electron chi connectivity index (χ0n) is 16.5. The summed E-state index contributed by atoms with van der Waals surface area (Å²) in [6, 6.07) is 11.1. The molecule has 0 aliphatic rings. The topological polar surface area (TPSA) is 117 Å². The number of benzene rings is 2. The van der Waals surface area contributed by atoms with E-state index in [1.165, 1.54) is 39.2 Å². The highest BCUT2D eigenvalue weighted by Crippen LogP contribution is 2.29. The van der Waals surface area contributed by atoms with Gasteiger partial charge >= 0.3 is 5.97 Å². The Morgan fingerprint density at radius 3 is 2.41 bits per heavy atom. The molecule has 2 atom stereocenters. The average molecular weight is 402 g/mol. The maximum absolute atomic E-state index is 12.3. The largest absolute Gasteiger partial charge is 0.496 e. The Morgan fingerprint density at radius 2 is 1.79 bits per heavy atom. The number of nitrogens with one attached hydrogen (secondary N) is 1. The number of methoxy groups -OCH3 is 1. The number of amides is 1. The SMILES string of the molecule is COc1ccc(NC(=O)[C@H](C)OC(=O)[C@H](C)Oc2cccc(C)c2)c([N+](=O)[O-])c1. The van der Waals surface area contributed by atoms with E-state index in [1.54, 1.807) is 18.2 Å². The highest BCUT2D eigenvalue weighted by Gasteiger charge is 2.25. The van der Waals surface area contributed by atoms with Gasteiger partial charge in [0.25, 0.3) is 11.6 Å². The summed E-state index contributed by atoms with van der Waals surface area (Å²) in [5.74, 6) is -0.676. The molecule has 0 unspecified atom stereocenters. The van der Waals surface area contributed by atoms with Gasteiger partial charge in [0.2, 0.25) is 0 Å². The molecular weight excluding hydrogens is 380 g/mol. The van der Waals surface area contributed by atoms with Crippen molar-refractivity contribution in [3.63, 3.8) is 0 Å². The second kappa shape index (κ2) is 9.54. The number of hydrogen-bond acceptors (Lipinski definition) is 7. The quantitative estimate of drug-likeness (QED) is 0.409. The number of nitrogens with zero attached hydrogens (tertiary/aromatic N) is 1. The Hall–Kier alpha value is -3.62. The van der Waals surface area contributed by atoms with Crippen molar-refractivity contribution >= 4 is 23.3 Å². The van der Waals surface area contributed by atoms with Gasteiger partial charge in [-0.05, 0) is 50.6 Å². The number of hydrogen-bond donors (Lipinski definition) is 1. The van der Waals surface area contributed by atoms with E-state index in [0.717, 1.165) is 5.56 Å². The minimum Gasteiger partial charge on any atom is -0.496 e. The number of aryl methyl sites for hydroxylation is 1. The number of rotatable bonds is 8. The van der Waals surface area contributed by atoms with Crippen LogP contribution in [0.15, 0.2) is 42.5 Å². The molecule has 1 amide bonds. The van der Waals surface area contributed by atoms with Crippen LogP contribution in [0.4, 0.5) is 11.4 Å². The van der Waals surface area contributed by atoms with Gasteiger partial charge in [0.15, 0.2) is 12.2 Å². The average Bonchev–Trinajstić information content (AvgIpc) is 2.67. The summed E-state index contributed by atoms with van der Waals surface area (Å²) in [5, 5.41) is 13.6. The van der Waals surface area contributed by atoms with E-state index in [4.69, 9.17) is 14.2 Å². The maximum atomic E-state index is 12.3. The third kappa shape index (κ3) is 5.93. The summed E-state index contributed by atoms with van der Waals surface area (Å²) in [7, 11) is 1.37. The van der Waals surface area contributed by atoms with E-state index in [2.05, 4.69) is 5.32 Å². The van der Waals surface area contributed by atoms with Crippen molar-refractivity contribution < 1.29 is 28.7 Å². The van der Waals surface area contributed by atoms with Crippen LogP contribution in [0.3, 0.4) is 0 Å². The second-order valence-electron chi connectivity index (χ2n) is 6.29. The third-order valence-electron chi connectivity index (χ3n) is 3.96. The van der Waals surface area contributed by atoms with Crippen molar-refractivity contribution in [1.29, 1.82) is 0 Å². The second-order valence-corrected chi connectivity index (χ2v) is 6.29. The molecule has 1 N–H and O–H groups in total. The molecule has 0 saturated carbocycles. The lowest BCUT2D eigenvalue weighted by Crippen LogP contribution is -2.35. The van der Waals surface area contributed by atoms with Gasteiger partial charge < -0.3 is 19.5 Å². The summed E-state index contributed by atoms with van der Waals surface area (Å²) in [4.78, 5) is 35.1. The van der Waals surface area contributed by atoms with Gasteiger partial charge in [-0.2, -0.15) is 0 Å². The molecule has 0 aliphatic carbocycles. The van der Waals surface area contributed by atoms with Gasteiger partial charge in [-0.1, -0.05) is 12.1 Å². The first-order valence-electron chi connectivity index (χ1n) is 8.78. The molecule has 0 spiro atoms. The summed E-state index contributed by atoms with van der Waals surface area (Å²) in [5.41, 5.74) is 0.594. The van der Waals surface area contributed by atoms with Gasteiger partial charge in [-0.15, -0.1) is 0 Å². The Kier molecular flexibility index (Phi) is 7.13. The van der Waals surface area contributed by atoms with Crippen LogP contribution in [0.25, 0.3) is 0 Å². The summed E-state index contributed by atoms with van der Waals surface area (Å²) >= 11 is 0. The third-order valence-corrected chi connectivity index (χ3v) is 3.96. The van der Waals surface area contributed by atoms with E-state index < -0.39 is 29.0 Å². The standard InChI is InChI=1S/C20H22N2O7/c1-12-6-5-7-16(10-12)28-14(3)20(24)29-13(2)19(23)21-17-9-8-15(27-4)11-18(17)22(25)26/h5-11,13-14H,1-4H3,(H,21,23)/t13-,14-/m0/s1. The van der Waals surface area contributed by atoms with Crippen LogP contribution in [0.2, 0.25) is 0 Å². The molecule has 0 aliphatic heterocycles. The first kappa shape index (κ1) is 21.7. The van der Waals surface area contributed by atoms with Gasteiger partial charge in [0.05, 0.1) is 18.1 Å². The zero-order valence-corrected chi connectivity index (χ0v) is 16.5. The van der Waals surface area contributed by atoms with Crippen LogP contribution in [0.1, 0.15) is 19.4 Å². The van der Waals surface area contributed by atoms with E-state index in [0.29, 0.717) is 5.75 Å². The van der Waals surface area contributed by atoms with Crippen molar-refractivity contribution in [2.75, 3.05) is 12.4 Å². The monoisotopic (exact) mass is 402 g/mol. The molecule has 9 heteroatoms. The normalized spacial score (nSPS) is 12.4. The molecule has 29 heavy (non-hydrogen) atoms. The number of anilines is 1. The number of esters is 1. The van der Waals surface area contributed by atoms with Crippen LogP contribution in [0, 0.1) is 17.0 Å². The number of ether oxygens (including phenoxy) is 3. The predicted molar refractivity (Wildman–Crippen MR) is 105 cm³/mol. The first-order valence-corrected chi connectivity index (χ1v) is 8.78. The van der Waals surface area contributed by atoms with Crippen LogP contribution < -0.4 is 14.8 Å². The van der Waals surface area contributed by atoms with E-state index in [9.17, 15) is 19.7 Å². The van der Waals surface area contributed by atoms with Gasteiger partial charge in [-0.3, -0.25) is 14.9 Å². The molecule has 2 rings (SSSR count). The maximum Gasteiger partial charge on any atom is 0.347 e. The fourth-order valence-corrected chi connectivity index (χ4v) is 2.39. The Morgan fingerprint density at radius 1 is 1.07 bits per heavy atom. The van der Waals surface area contributed by atoms with Crippen molar-refractivity contribution in [3.8, 4) is 11.5 Å². The summed E-state index contributed by atoms with van der Waals surface area (Å²) < 4.78 is 15.6. The van der Waals surface area contributed by atoms with E-state index in [-0.39, 0.29) is 17.1 Å². The zero-order chi connectivity index (χ0) is 21.6. The van der Waals surface area contributed by atoms with Crippen molar-refractivity contribution in [3.05, 3.63) is 58.1 Å². The lowest BCUT2D eigenvalue weighted by molar-refractivity contribution is -0.384. The number of nitro benzene ring substituents is 1. The summed E-state index contributed by atoms with van der Waals surface area (Å²) in [6.07, 6.45) is -2.13. The number of carbonyl (C=O) groups is 2. The van der Waals surface area contributed by atoms with Crippen LogP contribution in [-0.4, -0.2) is 36.1 Å². The molecule has 0 radical (unpaired) electrons. The van der Waals surface area contributed by atoms with E-state index >= 15 is 0 Å². The molecule has 2 aromatic rings. The van der Waals surface area contributed by atoms with Crippen molar-refractivity contribution in [2.45, 2.75) is 33.0 Å². The Balaban J connectivity index is 1.99. The smallest absolute Gasteiger partial charge is 0.347 e. The van der Waals surface area contributed by atoms with Crippen LogP contribution >= 0.6 is 0 Å². The molecule has 0 heterocycles. The molecule has 0 aromatic heterocycles.